The number of aryl methyl sites for hydroxylation is 1. The van der Waals surface area contributed by atoms with Crippen molar-refractivity contribution in [1.82, 2.24) is 0 Å². The number of rotatable bonds is 1. The van der Waals surface area contributed by atoms with E-state index >= 15 is 0 Å². The Morgan fingerprint density at radius 3 is 2.93 bits per heavy atom. The fourth-order valence-electron chi connectivity index (χ4n) is 2.11. The molecule has 0 saturated carbocycles. The highest BCUT2D eigenvalue weighted by molar-refractivity contribution is 5.39. The molecule has 1 aromatic rings. The molecule has 1 aromatic carbocycles. The van der Waals surface area contributed by atoms with E-state index in [0.717, 1.165) is 18.6 Å². The van der Waals surface area contributed by atoms with E-state index in [2.05, 4.69) is 13.0 Å². The molecule has 0 radical (unpaired) electrons. The molecule has 1 N–H and O–H groups in total. The van der Waals surface area contributed by atoms with Crippen LogP contribution in [0.3, 0.4) is 0 Å². The van der Waals surface area contributed by atoms with Gasteiger partial charge in [-0.15, -0.1) is 0 Å². The normalized spacial score (nSPS) is 25.6. The first-order valence-electron chi connectivity index (χ1n) is 5.07. The van der Waals surface area contributed by atoms with Crippen LogP contribution < -0.4 is 4.74 Å². The third kappa shape index (κ3) is 1.50. The molecule has 0 heterocycles. The summed E-state index contributed by atoms with van der Waals surface area (Å²) in [6.07, 6.45) is 1.65. The molecule has 1 aliphatic rings. The predicted molar refractivity (Wildman–Crippen MR) is 55.7 cm³/mol. The van der Waals surface area contributed by atoms with Crippen LogP contribution in [0.25, 0.3) is 0 Å². The van der Waals surface area contributed by atoms with Gasteiger partial charge in [0.25, 0.3) is 0 Å². The summed E-state index contributed by atoms with van der Waals surface area (Å²) in [6.45, 7) is 2.07. The molecule has 0 aromatic heterocycles. The van der Waals surface area contributed by atoms with Crippen molar-refractivity contribution in [1.29, 1.82) is 0 Å². The van der Waals surface area contributed by atoms with Crippen LogP contribution in [-0.2, 0) is 6.42 Å². The predicted octanol–water partition coefficient (Wildman–Crippen LogP) is 2.11. The molecule has 14 heavy (non-hydrogen) atoms. The Balaban J connectivity index is 2.41. The highest BCUT2D eigenvalue weighted by atomic mass is 16.5. The van der Waals surface area contributed by atoms with Gasteiger partial charge in [0.05, 0.1) is 13.2 Å². The number of aliphatic hydroxyl groups excluding tert-OH is 1. The van der Waals surface area contributed by atoms with Gasteiger partial charge in [-0.1, -0.05) is 13.0 Å². The highest BCUT2D eigenvalue weighted by Gasteiger charge is 2.24. The Hall–Kier alpha value is -1.02. The molecule has 0 saturated heterocycles. The maximum Gasteiger partial charge on any atom is 0.119 e. The Kier molecular flexibility index (Phi) is 2.46. The van der Waals surface area contributed by atoms with Crippen molar-refractivity contribution >= 4 is 0 Å². The zero-order valence-electron chi connectivity index (χ0n) is 8.66. The number of ether oxygens (including phenoxy) is 1. The molecular weight excluding hydrogens is 176 g/mol. The summed E-state index contributed by atoms with van der Waals surface area (Å²) < 4.78 is 5.18. The molecule has 2 heteroatoms. The van der Waals surface area contributed by atoms with E-state index in [0.29, 0.717) is 0 Å². The van der Waals surface area contributed by atoms with Gasteiger partial charge in [-0.3, -0.25) is 0 Å². The van der Waals surface area contributed by atoms with Gasteiger partial charge in [-0.2, -0.15) is 0 Å². The molecule has 0 bridgehead atoms. The number of benzene rings is 1. The molecule has 2 atom stereocenters. The number of hydrogen-bond donors (Lipinski definition) is 1. The smallest absolute Gasteiger partial charge is 0.119 e. The van der Waals surface area contributed by atoms with Crippen LogP contribution in [0, 0.1) is 0 Å². The minimum atomic E-state index is -0.199. The molecule has 0 fully saturated rings. The second-order valence-corrected chi connectivity index (χ2v) is 3.96. The van der Waals surface area contributed by atoms with Crippen LogP contribution in [0.5, 0.6) is 5.75 Å². The summed E-state index contributed by atoms with van der Waals surface area (Å²) in [5.41, 5.74) is 2.59. The summed E-state index contributed by atoms with van der Waals surface area (Å²) >= 11 is 0. The van der Waals surface area contributed by atoms with Crippen molar-refractivity contribution in [3.05, 3.63) is 29.3 Å². The number of hydrogen-bond acceptors (Lipinski definition) is 2. The number of aliphatic hydroxyl groups is 1. The Morgan fingerprint density at radius 2 is 2.21 bits per heavy atom. The first kappa shape index (κ1) is 9.53. The van der Waals surface area contributed by atoms with Crippen molar-refractivity contribution in [3.63, 3.8) is 0 Å². The van der Waals surface area contributed by atoms with E-state index in [9.17, 15) is 5.11 Å². The topological polar surface area (TPSA) is 29.5 Å². The average Bonchev–Trinajstić information content (AvgIpc) is 2.23. The van der Waals surface area contributed by atoms with Crippen molar-refractivity contribution in [2.45, 2.75) is 31.8 Å². The fraction of sp³-hybridized carbons (Fsp3) is 0.500. The van der Waals surface area contributed by atoms with Crippen LogP contribution in [-0.4, -0.2) is 18.3 Å². The van der Waals surface area contributed by atoms with Gasteiger partial charge in [-0.25, -0.2) is 0 Å². The molecule has 2 nitrogen and oxygen atoms in total. The largest absolute Gasteiger partial charge is 0.497 e. The lowest BCUT2D eigenvalue weighted by molar-refractivity contribution is 0.132. The van der Waals surface area contributed by atoms with Gasteiger partial charge in [-0.05, 0) is 36.1 Å². The summed E-state index contributed by atoms with van der Waals surface area (Å²) in [6, 6.07) is 6.14. The second-order valence-electron chi connectivity index (χ2n) is 3.96. The lowest BCUT2D eigenvalue weighted by Gasteiger charge is -2.27. The van der Waals surface area contributed by atoms with Gasteiger partial charge in [0.2, 0.25) is 0 Å². The monoisotopic (exact) mass is 192 g/mol. The maximum atomic E-state index is 9.75. The van der Waals surface area contributed by atoms with E-state index in [1.807, 2.05) is 12.1 Å². The third-order valence-electron chi connectivity index (χ3n) is 3.13. The fourth-order valence-corrected chi connectivity index (χ4v) is 2.11. The van der Waals surface area contributed by atoms with Gasteiger partial charge >= 0.3 is 0 Å². The Bertz CT molecular complexity index is 333. The van der Waals surface area contributed by atoms with Crippen LogP contribution in [0.4, 0.5) is 0 Å². The molecule has 0 amide bonds. The zero-order valence-corrected chi connectivity index (χ0v) is 8.66. The first-order chi connectivity index (χ1) is 6.72. The van der Waals surface area contributed by atoms with Crippen molar-refractivity contribution in [2.75, 3.05) is 7.11 Å². The van der Waals surface area contributed by atoms with Crippen molar-refractivity contribution < 1.29 is 9.84 Å². The molecule has 0 aliphatic heterocycles. The minimum absolute atomic E-state index is 0.199. The summed E-state index contributed by atoms with van der Waals surface area (Å²) in [7, 11) is 1.67. The van der Waals surface area contributed by atoms with E-state index < -0.39 is 0 Å². The molecule has 1 aliphatic carbocycles. The molecule has 76 valence electrons. The maximum absolute atomic E-state index is 9.75. The van der Waals surface area contributed by atoms with Gasteiger partial charge in [0.1, 0.15) is 5.75 Å². The summed E-state index contributed by atoms with van der Waals surface area (Å²) in [4.78, 5) is 0. The lowest BCUT2D eigenvalue weighted by atomic mass is 9.82. The van der Waals surface area contributed by atoms with Crippen LogP contribution in [0.2, 0.25) is 0 Å². The van der Waals surface area contributed by atoms with Gasteiger partial charge in [0, 0.05) is 5.92 Å². The lowest BCUT2D eigenvalue weighted by Crippen LogP contribution is -2.22. The Labute approximate surface area is 84.5 Å². The molecular formula is C12H16O2. The van der Waals surface area contributed by atoms with Crippen molar-refractivity contribution in [3.8, 4) is 5.75 Å². The number of fused-ring (bicyclic) bond motifs is 1. The van der Waals surface area contributed by atoms with Crippen molar-refractivity contribution in [2.24, 2.45) is 0 Å². The second kappa shape index (κ2) is 3.62. The first-order valence-corrected chi connectivity index (χ1v) is 5.07. The van der Waals surface area contributed by atoms with E-state index in [1.54, 1.807) is 7.11 Å². The van der Waals surface area contributed by atoms with Crippen LogP contribution in [0.1, 0.15) is 30.4 Å². The third-order valence-corrected chi connectivity index (χ3v) is 3.13. The average molecular weight is 192 g/mol. The minimum Gasteiger partial charge on any atom is -0.497 e. The SMILES string of the molecule is COc1ccc2c(c1)C(C)C(O)CC2. The molecule has 2 unspecified atom stereocenters. The summed E-state index contributed by atoms with van der Waals surface area (Å²) in [5.74, 6) is 1.11. The van der Waals surface area contributed by atoms with Gasteiger partial charge < -0.3 is 9.84 Å². The molecule has 2 rings (SSSR count). The van der Waals surface area contributed by atoms with E-state index in [4.69, 9.17) is 4.74 Å². The molecule has 0 spiro atoms. The zero-order chi connectivity index (χ0) is 10.1. The summed E-state index contributed by atoms with van der Waals surface area (Å²) in [5, 5.41) is 9.75. The number of methoxy groups -OCH3 is 1. The van der Waals surface area contributed by atoms with E-state index in [-0.39, 0.29) is 12.0 Å². The highest BCUT2D eigenvalue weighted by Crippen LogP contribution is 2.33. The Morgan fingerprint density at radius 1 is 1.43 bits per heavy atom. The van der Waals surface area contributed by atoms with E-state index in [1.165, 1.54) is 11.1 Å². The van der Waals surface area contributed by atoms with Crippen LogP contribution in [0.15, 0.2) is 18.2 Å². The standard InChI is InChI=1S/C12H16O2/c1-8-11-7-10(14-2)5-3-9(11)4-6-12(8)13/h3,5,7-8,12-13H,4,6H2,1-2H3. The van der Waals surface area contributed by atoms with Crippen LogP contribution >= 0.6 is 0 Å². The van der Waals surface area contributed by atoms with Gasteiger partial charge in [0.15, 0.2) is 0 Å². The quantitative estimate of drug-likeness (QED) is 0.738.